The SMILES string of the molecule is CCO[Si](C)(CS)OCC.CCO[Si](CCCS)(OCC)OCC.CO[Si](C)(CCCS)OC.CO[Si](CCCS)(OC)OC. The number of hydrogen-bond acceptors (Lipinski definition) is 14. The van der Waals surface area contributed by atoms with E-state index >= 15 is 0 Å². The molecule has 0 fully saturated rings. The maximum atomic E-state index is 5.67. The molecule has 0 aliphatic heterocycles. The van der Waals surface area contributed by atoms with Gasteiger partial charge in [0.05, 0.1) is 0 Å². The van der Waals surface area contributed by atoms with Crippen LogP contribution in [-0.2, 0) is 44.3 Å². The maximum Gasteiger partial charge on any atom is 0.500 e. The Morgan fingerprint density at radius 3 is 0.956 bits per heavy atom. The topological polar surface area (TPSA) is 92.3 Å². The van der Waals surface area contributed by atoms with Gasteiger partial charge in [0, 0.05) is 86.0 Å². The number of rotatable bonds is 25. The molecule has 18 heteroatoms. The van der Waals surface area contributed by atoms with Gasteiger partial charge in [0.1, 0.15) is 0 Å². The number of hydrogen-bond donors (Lipinski definition) is 4. The van der Waals surface area contributed by atoms with Gasteiger partial charge >= 0.3 is 34.7 Å². The Morgan fingerprint density at radius 2 is 0.711 bits per heavy atom. The summed E-state index contributed by atoms with van der Waals surface area (Å²) in [7, 11) is 0.0223. The summed E-state index contributed by atoms with van der Waals surface area (Å²) in [5, 5.41) is 0.731. The highest BCUT2D eigenvalue weighted by Crippen LogP contribution is 2.18. The minimum absolute atomic E-state index is 0.652. The highest BCUT2D eigenvalue weighted by atomic mass is 32.1. The summed E-state index contributed by atoms with van der Waals surface area (Å²) in [4.78, 5) is 0. The third kappa shape index (κ3) is 29.3. The van der Waals surface area contributed by atoms with Crippen LogP contribution in [0.2, 0.25) is 31.2 Å². The van der Waals surface area contributed by atoms with Crippen molar-refractivity contribution >= 4 is 85.2 Å². The van der Waals surface area contributed by atoms with Gasteiger partial charge in [-0.15, -0.1) is 0 Å². The van der Waals surface area contributed by atoms with Crippen LogP contribution in [-0.4, -0.2) is 126 Å². The first-order valence-electron chi connectivity index (χ1n) is 15.7. The van der Waals surface area contributed by atoms with Crippen molar-refractivity contribution in [1.82, 2.24) is 0 Å². The normalized spacial score (nSPS) is 12.0. The number of thiol groups is 4. The fourth-order valence-electron chi connectivity index (χ4n) is 3.58. The third-order valence-corrected chi connectivity index (χ3v) is 20.2. The Balaban J connectivity index is -0.000000252. The average molecular weight is 795 g/mol. The van der Waals surface area contributed by atoms with E-state index in [1.165, 1.54) is 0 Å². The molecule has 0 aromatic carbocycles. The Labute approximate surface area is 304 Å². The molecule has 278 valence electrons. The van der Waals surface area contributed by atoms with Gasteiger partial charge in [0.2, 0.25) is 0 Å². The van der Waals surface area contributed by atoms with Gasteiger partial charge < -0.3 is 44.3 Å². The van der Waals surface area contributed by atoms with E-state index in [1.807, 2.05) is 41.2 Å². The second kappa shape index (κ2) is 35.7. The van der Waals surface area contributed by atoms with E-state index < -0.39 is 34.7 Å². The lowest BCUT2D eigenvalue weighted by Gasteiger charge is -2.28. The highest BCUT2D eigenvalue weighted by Gasteiger charge is 2.39. The summed E-state index contributed by atoms with van der Waals surface area (Å²) in [6.07, 6.45) is 3.02. The van der Waals surface area contributed by atoms with Crippen LogP contribution in [0.25, 0.3) is 0 Å². The molecule has 45 heavy (non-hydrogen) atoms. The highest BCUT2D eigenvalue weighted by molar-refractivity contribution is 7.82. The molecule has 0 aromatic rings. The lowest BCUT2D eigenvalue weighted by molar-refractivity contribution is 0.0712. The standard InChI is InChI=1S/C9H22O3SSi.C6H16O3SSi.2C6H16O2SSi/c1-4-10-14(11-5-2,12-6-3)9-7-8-13;1-7-11(8-2,9-3)6-4-5-10;1-7-10(3,8-2)6-4-5-9;1-4-7-10(3,6-9)8-5-2/h13H,4-9H2,1-3H3;10H,4-6H2,1-3H3;2*9H,4-6H2,1-3H3. The molecular formula is C27H70O10S4Si4. The zero-order valence-electron chi connectivity index (χ0n) is 30.5. The van der Waals surface area contributed by atoms with E-state index in [-0.39, 0.29) is 0 Å². The van der Waals surface area contributed by atoms with Gasteiger partial charge in [-0.3, -0.25) is 0 Å². The van der Waals surface area contributed by atoms with Gasteiger partial charge in [-0.05, 0) is 90.3 Å². The molecule has 10 nitrogen and oxygen atoms in total. The Kier molecular flexibility index (Phi) is 42.6. The Hall–Kier alpha value is 1.87. The van der Waals surface area contributed by atoms with Crippen molar-refractivity contribution in [3.63, 3.8) is 0 Å². The van der Waals surface area contributed by atoms with Crippen molar-refractivity contribution in [3.8, 4) is 0 Å². The van der Waals surface area contributed by atoms with E-state index in [1.54, 1.807) is 35.5 Å². The molecule has 0 rings (SSSR count). The molecule has 0 N–H and O–H groups in total. The van der Waals surface area contributed by atoms with Crippen molar-refractivity contribution in [1.29, 1.82) is 0 Å². The maximum absolute atomic E-state index is 5.67. The van der Waals surface area contributed by atoms with Gasteiger partial charge in [-0.1, -0.05) is 0 Å². The first-order valence-corrected chi connectivity index (χ1v) is 27.2. The Morgan fingerprint density at radius 1 is 0.400 bits per heavy atom. The monoisotopic (exact) mass is 794 g/mol. The van der Waals surface area contributed by atoms with Crippen LogP contribution in [0.15, 0.2) is 0 Å². The van der Waals surface area contributed by atoms with Crippen molar-refractivity contribution < 1.29 is 44.3 Å². The second-order valence-corrected chi connectivity index (χ2v) is 24.3. The van der Waals surface area contributed by atoms with Gasteiger partial charge in [0.15, 0.2) is 0 Å². The third-order valence-electron chi connectivity index (χ3n) is 6.15. The first kappa shape index (κ1) is 53.7. The van der Waals surface area contributed by atoms with Crippen LogP contribution in [0.1, 0.15) is 53.9 Å². The molecule has 0 aromatic heterocycles. The van der Waals surface area contributed by atoms with Gasteiger partial charge in [0.25, 0.3) is 0 Å². The van der Waals surface area contributed by atoms with Gasteiger partial charge in [-0.2, -0.15) is 50.5 Å². The van der Waals surface area contributed by atoms with Gasteiger partial charge in [-0.25, -0.2) is 0 Å². The summed E-state index contributed by atoms with van der Waals surface area (Å²) in [6.45, 7) is 17.4. The molecule has 0 aliphatic rings. The Bertz CT molecular complexity index is 572. The summed E-state index contributed by atoms with van der Waals surface area (Å²) >= 11 is 16.6. The fourth-order valence-corrected chi connectivity index (χ4v) is 12.7. The molecule has 0 atom stereocenters. The van der Waals surface area contributed by atoms with Crippen molar-refractivity contribution in [2.24, 2.45) is 0 Å². The minimum atomic E-state index is -2.37. The van der Waals surface area contributed by atoms with Crippen molar-refractivity contribution in [2.75, 3.05) is 91.2 Å². The minimum Gasteiger partial charge on any atom is -0.398 e. The van der Waals surface area contributed by atoms with E-state index in [0.29, 0.717) is 19.8 Å². The largest absolute Gasteiger partial charge is 0.500 e. The molecule has 0 saturated heterocycles. The predicted octanol–water partition coefficient (Wildman–Crippen LogP) is 6.81. The lowest BCUT2D eigenvalue weighted by Crippen LogP contribution is -2.46. The molecule has 0 spiro atoms. The molecule has 0 heterocycles. The molecule has 0 amide bonds. The van der Waals surface area contributed by atoms with Crippen LogP contribution in [0.5, 0.6) is 0 Å². The van der Waals surface area contributed by atoms with E-state index in [9.17, 15) is 0 Å². The van der Waals surface area contributed by atoms with Crippen LogP contribution >= 0.6 is 50.5 Å². The average Bonchev–Trinajstić information content (AvgIpc) is 3.05. The van der Waals surface area contributed by atoms with Crippen LogP contribution in [0.3, 0.4) is 0 Å². The van der Waals surface area contributed by atoms with Crippen LogP contribution < -0.4 is 0 Å². The molecule has 0 radical (unpaired) electrons. The smallest absolute Gasteiger partial charge is 0.398 e. The zero-order valence-corrected chi connectivity index (χ0v) is 38.1. The summed E-state index contributed by atoms with van der Waals surface area (Å²) in [6, 6.07) is 2.73. The second-order valence-electron chi connectivity index (χ2n) is 9.46. The summed E-state index contributed by atoms with van der Waals surface area (Å²) < 4.78 is 54.1. The van der Waals surface area contributed by atoms with Crippen LogP contribution in [0.4, 0.5) is 0 Å². The quantitative estimate of drug-likeness (QED) is 0.0584. The van der Waals surface area contributed by atoms with E-state index in [0.717, 1.165) is 73.2 Å². The molecule has 0 bridgehead atoms. The predicted molar refractivity (Wildman–Crippen MR) is 212 cm³/mol. The zero-order chi connectivity index (χ0) is 35.7. The molecule has 0 aliphatic carbocycles. The van der Waals surface area contributed by atoms with E-state index in [2.05, 4.69) is 57.1 Å². The van der Waals surface area contributed by atoms with Crippen molar-refractivity contribution in [3.05, 3.63) is 0 Å². The molecule has 0 unspecified atom stereocenters. The van der Waals surface area contributed by atoms with E-state index in [4.69, 9.17) is 44.3 Å². The van der Waals surface area contributed by atoms with Crippen molar-refractivity contribution in [2.45, 2.75) is 85.1 Å². The lowest BCUT2D eigenvalue weighted by atomic mass is 10.6. The molecule has 0 saturated carbocycles. The van der Waals surface area contributed by atoms with Crippen LogP contribution in [0, 0.1) is 0 Å². The summed E-state index contributed by atoms with van der Waals surface area (Å²) in [5.41, 5.74) is 0. The fraction of sp³-hybridized carbons (Fsp3) is 1.00. The summed E-state index contributed by atoms with van der Waals surface area (Å²) in [5.74, 6) is 2.60. The first-order chi connectivity index (χ1) is 21.3. The molecular weight excluding hydrogens is 725 g/mol.